The highest BCUT2D eigenvalue weighted by Crippen LogP contribution is 2.51. The van der Waals surface area contributed by atoms with Crippen molar-refractivity contribution in [2.24, 2.45) is 23.7 Å². The highest BCUT2D eigenvalue weighted by molar-refractivity contribution is 7.80. The van der Waals surface area contributed by atoms with E-state index in [4.69, 9.17) is 12.2 Å². The maximum absolute atomic E-state index is 12.3. The first kappa shape index (κ1) is 13.9. The summed E-state index contributed by atoms with van der Waals surface area (Å²) in [4.78, 5) is 24.5. The van der Waals surface area contributed by atoms with E-state index in [0.29, 0.717) is 11.0 Å². The van der Waals surface area contributed by atoms with E-state index >= 15 is 0 Å². The van der Waals surface area contributed by atoms with Gasteiger partial charge >= 0.3 is 0 Å². The SMILES string of the molecule is CNC(=S)NNC1CCC2CCCC3C(=O)C(=O)C1C23. The van der Waals surface area contributed by atoms with Crippen molar-refractivity contribution in [1.29, 1.82) is 0 Å². The van der Waals surface area contributed by atoms with Gasteiger partial charge in [-0.05, 0) is 43.3 Å². The van der Waals surface area contributed by atoms with Crippen LogP contribution in [-0.2, 0) is 9.59 Å². The Hall–Kier alpha value is -1.01. The largest absolute Gasteiger partial charge is 0.365 e. The Labute approximate surface area is 124 Å². The summed E-state index contributed by atoms with van der Waals surface area (Å²) in [5.41, 5.74) is 6.08. The van der Waals surface area contributed by atoms with Gasteiger partial charge < -0.3 is 5.32 Å². The van der Waals surface area contributed by atoms with Crippen molar-refractivity contribution in [3.05, 3.63) is 0 Å². The molecule has 0 aromatic heterocycles. The number of rotatable bonds is 2. The molecule has 20 heavy (non-hydrogen) atoms. The molecule has 3 aliphatic rings. The highest BCUT2D eigenvalue weighted by atomic mass is 32.1. The van der Waals surface area contributed by atoms with Gasteiger partial charge in [0.25, 0.3) is 0 Å². The monoisotopic (exact) mass is 295 g/mol. The molecule has 6 heteroatoms. The van der Waals surface area contributed by atoms with Gasteiger partial charge in [0.2, 0.25) is 11.6 Å². The third-order valence-corrected chi connectivity index (χ3v) is 5.58. The lowest BCUT2D eigenvalue weighted by Crippen LogP contribution is -2.55. The highest BCUT2D eigenvalue weighted by Gasteiger charge is 2.57. The van der Waals surface area contributed by atoms with Gasteiger partial charge in [0, 0.05) is 24.9 Å². The molecule has 0 heterocycles. The molecule has 3 saturated carbocycles. The Morgan fingerprint density at radius 3 is 2.70 bits per heavy atom. The Balaban J connectivity index is 1.77. The molecule has 0 aromatic carbocycles. The standard InChI is InChI=1S/C14H21N3O2S/c1-15-14(20)17-16-9-6-5-7-3-2-4-8-10(7)11(9)13(19)12(8)18/h7-11,16H,2-6H2,1H3,(H2,15,17,20). The molecule has 0 aromatic rings. The van der Waals surface area contributed by atoms with Crippen molar-refractivity contribution in [3.8, 4) is 0 Å². The minimum Gasteiger partial charge on any atom is -0.365 e. The van der Waals surface area contributed by atoms with E-state index < -0.39 is 0 Å². The molecule has 0 aliphatic heterocycles. The molecule has 5 unspecified atom stereocenters. The molecule has 5 nitrogen and oxygen atoms in total. The molecule has 3 N–H and O–H groups in total. The summed E-state index contributed by atoms with van der Waals surface area (Å²) in [6, 6.07) is 0.0158. The maximum atomic E-state index is 12.3. The van der Waals surface area contributed by atoms with Gasteiger partial charge in [-0.1, -0.05) is 12.8 Å². The van der Waals surface area contributed by atoms with Crippen LogP contribution in [0.5, 0.6) is 0 Å². The minimum atomic E-state index is -0.154. The maximum Gasteiger partial charge on any atom is 0.203 e. The molecule has 3 rings (SSSR count). The van der Waals surface area contributed by atoms with Crippen LogP contribution in [0.1, 0.15) is 32.1 Å². The number of ketones is 2. The fraction of sp³-hybridized carbons (Fsp3) is 0.786. The lowest BCUT2D eigenvalue weighted by atomic mass is 9.63. The predicted octanol–water partition coefficient (Wildman–Crippen LogP) is 0.548. The van der Waals surface area contributed by atoms with Crippen LogP contribution in [0.3, 0.4) is 0 Å². The zero-order valence-electron chi connectivity index (χ0n) is 11.6. The summed E-state index contributed by atoms with van der Waals surface area (Å²) < 4.78 is 0. The summed E-state index contributed by atoms with van der Waals surface area (Å²) in [7, 11) is 1.75. The molecule has 0 amide bonds. The number of nitrogens with one attached hydrogen (secondary N) is 3. The van der Waals surface area contributed by atoms with E-state index in [1.165, 1.54) is 6.42 Å². The fourth-order valence-electron chi connectivity index (χ4n) is 4.43. The number of carbonyl (C=O) groups excluding carboxylic acids is 2. The van der Waals surface area contributed by atoms with Gasteiger partial charge in [-0.15, -0.1) is 0 Å². The van der Waals surface area contributed by atoms with Crippen molar-refractivity contribution < 1.29 is 9.59 Å². The van der Waals surface area contributed by atoms with Gasteiger partial charge in [0.1, 0.15) is 0 Å². The van der Waals surface area contributed by atoms with Crippen LogP contribution >= 0.6 is 12.2 Å². The van der Waals surface area contributed by atoms with E-state index in [1.54, 1.807) is 7.05 Å². The van der Waals surface area contributed by atoms with Gasteiger partial charge in [0.15, 0.2) is 5.11 Å². The van der Waals surface area contributed by atoms with Gasteiger partial charge in [-0.2, -0.15) is 0 Å². The van der Waals surface area contributed by atoms with E-state index in [9.17, 15) is 9.59 Å². The quantitative estimate of drug-likeness (QED) is 0.393. The number of thiocarbonyl (C=S) groups is 1. The average molecular weight is 295 g/mol. The van der Waals surface area contributed by atoms with Crippen molar-refractivity contribution in [2.45, 2.75) is 38.1 Å². The van der Waals surface area contributed by atoms with E-state index in [2.05, 4.69) is 16.2 Å². The number of hydrazine groups is 1. The fourth-order valence-corrected chi connectivity index (χ4v) is 4.49. The molecule has 5 atom stereocenters. The second kappa shape index (κ2) is 5.41. The second-order valence-corrected chi connectivity index (χ2v) is 6.57. The topological polar surface area (TPSA) is 70.2 Å². The molecule has 0 spiro atoms. The molecule has 0 bridgehead atoms. The van der Waals surface area contributed by atoms with Crippen LogP contribution in [-0.4, -0.2) is 29.8 Å². The predicted molar refractivity (Wildman–Crippen MR) is 78.8 cm³/mol. The molecular formula is C14H21N3O2S. The lowest BCUT2D eigenvalue weighted by molar-refractivity contribution is -0.137. The van der Waals surface area contributed by atoms with E-state index in [-0.39, 0.29) is 35.4 Å². The summed E-state index contributed by atoms with van der Waals surface area (Å²) in [6.45, 7) is 0. The van der Waals surface area contributed by atoms with Gasteiger partial charge in [-0.25, -0.2) is 5.43 Å². The third kappa shape index (κ3) is 2.15. The molecule has 3 aliphatic carbocycles. The zero-order valence-corrected chi connectivity index (χ0v) is 12.5. The van der Waals surface area contributed by atoms with Gasteiger partial charge in [0.05, 0.1) is 0 Å². The molecule has 3 fully saturated rings. The first-order valence-corrected chi connectivity index (χ1v) is 7.85. The van der Waals surface area contributed by atoms with E-state index in [1.807, 2.05) is 0 Å². The average Bonchev–Trinajstić information content (AvgIpc) is 2.73. The lowest BCUT2D eigenvalue weighted by Gasteiger charge is -2.43. The van der Waals surface area contributed by atoms with Crippen LogP contribution < -0.4 is 16.2 Å². The Morgan fingerprint density at radius 2 is 1.95 bits per heavy atom. The van der Waals surface area contributed by atoms with Crippen molar-refractivity contribution in [3.63, 3.8) is 0 Å². The van der Waals surface area contributed by atoms with Crippen LogP contribution in [0.15, 0.2) is 0 Å². The second-order valence-electron chi connectivity index (χ2n) is 6.16. The number of hydrogen-bond donors (Lipinski definition) is 3. The molecule has 110 valence electrons. The van der Waals surface area contributed by atoms with Crippen LogP contribution in [0, 0.1) is 23.7 Å². The Morgan fingerprint density at radius 1 is 1.15 bits per heavy atom. The number of Topliss-reactive ketones (excluding diaryl/α,β-unsaturated/α-hetero) is 2. The summed E-state index contributed by atoms with van der Waals surface area (Å²) in [5, 5.41) is 3.33. The normalized spacial score (nSPS) is 39.4. The van der Waals surface area contributed by atoms with E-state index in [0.717, 1.165) is 25.7 Å². The first-order valence-electron chi connectivity index (χ1n) is 7.44. The smallest absolute Gasteiger partial charge is 0.203 e. The van der Waals surface area contributed by atoms with Crippen LogP contribution in [0.2, 0.25) is 0 Å². The summed E-state index contributed by atoms with van der Waals surface area (Å²) in [6.07, 6.45) is 5.20. The molecule has 0 saturated heterocycles. The minimum absolute atomic E-state index is 0.00731. The summed E-state index contributed by atoms with van der Waals surface area (Å²) >= 11 is 5.04. The van der Waals surface area contributed by atoms with Crippen LogP contribution in [0.4, 0.5) is 0 Å². The van der Waals surface area contributed by atoms with Crippen molar-refractivity contribution in [2.75, 3.05) is 7.05 Å². The number of hydrogen-bond acceptors (Lipinski definition) is 4. The number of carbonyl (C=O) groups is 2. The van der Waals surface area contributed by atoms with Gasteiger partial charge in [-0.3, -0.25) is 15.0 Å². The Kier molecular flexibility index (Phi) is 3.77. The third-order valence-electron chi connectivity index (χ3n) is 5.28. The van der Waals surface area contributed by atoms with Crippen molar-refractivity contribution in [1.82, 2.24) is 16.2 Å². The van der Waals surface area contributed by atoms with Crippen LogP contribution in [0.25, 0.3) is 0 Å². The first-order chi connectivity index (χ1) is 9.63. The summed E-state index contributed by atoms with van der Waals surface area (Å²) in [5.74, 6) is 0.394. The zero-order chi connectivity index (χ0) is 14.3. The molecular weight excluding hydrogens is 274 g/mol. The Bertz CT molecular complexity index is 454. The van der Waals surface area contributed by atoms with Crippen molar-refractivity contribution >= 4 is 28.9 Å². The molecule has 0 radical (unpaired) electrons.